The predicted molar refractivity (Wildman–Crippen MR) is 141 cm³/mol. The highest BCUT2D eigenvalue weighted by Gasteiger charge is 2.72. The van der Waals surface area contributed by atoms with Crippen LogP contribution < -0.4 is 4.90 Å². The quantitative estimate of drug-likeness (QED) is 0.400. The molecule has 0 amide bonds. The van der Waals surface area contributed by atoms with Crippen molar-refractivity contribution < 1.29 is 18.8 Å². The number of aryl methyl sites for hydroxylation is 1. The first-order valence-corrected chi connectivity index (χ1v) is 12.6. The summed E-state index contributed by atoms with van der Waals surface area (Å²) in [6, 6.07) is 17.3. The number of ketones is 3. The third kappa shape index (κ3) is 3.03. The summed E-state index contributed by atoms with van der Waals surface area (Å²) >= 11 is 0. The molecule has 0 N–H and O–H groups in total. The zero-order valence-corrected chi connectivity index (χ0v) is 21.3. The standard InChI is InChI=1S/C32H28FNO3/c1-18-13-15-24-19(17-18)14-16-25-32(28(35)20-9-5-6-10-21(20)29(32)36)26(22-11-7-8-12-23(22)33)27(34(24)25)30(37)31(2,3)4/h5-17,25-27H,1-4H3/t25?,26-,27+/m1/s1. The third-order valence-electron chi connectivity index (χ3n) is 8.21. The molecule has 4 nitrogen and oxygen atoms in total. The molecular formula is C32H28FNO3. The fraction of sp³-hybridized carbons (Fsp3) is 0.281. The van der Waals surface area contributed by atoms with Crippen molar-refractivity contribution in [2.45, 2.75) is 45.7 Å². The minimum absolute atomic E-state index is 0.138. The Morgan fingerprint density at radius 2 is 1.54 bits per heavy atom. The van der Waals surface area contributed by atoms with E-state index in [4.69, 9.17) is 0 Å². The number of carbonyl (C=O) groups is 3. The van der Waals surface area contributed by atoms with E-state index in [2.05, 4.69) is 0 Å². The van der Waals surface area contributed by atoms with Gasteiger partial charge in [0, 0.05) is 28.1 Å². The number of halogens is 1. The van der Waals surface area contributed by atoms with E-state index < -0.39 is 34.6 Å². The van der Waals surface area contributed by atoms with Gasteiger partial charge in [0.15, 0.2) is 17.3 Å². The van der Waals surface area contributed by atoms with Crippen molar-refractivity contribution in [2.75, 3.05) is 4.90 Å². The highest BCUT2D eigenvalue weighted by molar-refractivity contribution is 6.32. The Balaban J connectivity index is 1.72. The first-order valence-electron chi connectivity index (χ1n) is 12.6. The molecule has 3 aliphatic rings. The van der Waals surface area contributed by atoms with E-state index in [1.807, 2.05) is 62.9 Å². The number of carbonyl (C=O) groups excluding carboxylic acids is 3. The molecule has 0 saturated carbocycles. The zero-order chi connectivity index (χ0) is 26.3. The maximum atomic E-state index is 15.7. The molecule has 3 atom stereocenters. The lowest BCUT2D eigenvalue weighted by molar-refractivity contribution is -0.127. The van der Waals surface area contributed by atoms with E-state index in [-0.39, 0.29) is 22.9 Å². The number of hydrogen-bond donors (Lipinski definition) is 0. The van der Waals surface area contributed by atoms with Crippen molar-refractivity contribution in [1.82, 2.24) is 0 Å². The second kappa shape index (κ2) is 7.82. The monoisotopic (exact) mass is 493 g/mol. The number of benzene rings is 3. The Labute approximate surface area is 215 Å². The van der Waals surface area contributed by atoms with Crippen molar-refractivity contribution >= 4 is 29.1 Å². The molecule has 37 heavy (non-hydrogen) atoms. The molecule has 6 rings (SSSR count). The molecular weight excluding hydrogens is 465 g/mol. The van der Waals surface area contributed by atoms with Gasteiger partial charge in [0.1, 0.15) is 11.2 Å². The van der Waals surface area contributed by atoms with Gasteiger partial charge in [-0.15, -0.1) is 0 Å². The van der Waals surface area contributed by atoms with E-state index >= 15 is 4.39 Å². The van der Waals surface area contributed by atoms with Crippen LogP contribution in [0, 0.1) is 23.6 Å². The maximum absolute atomic E-state index is 15.7. The van der Waals surface area contributed by atoms with E-state index in [1.54, 1.807) is 42.5 Å². The minimum atomic E-state index is -1.67. The van der Waals surface area contributed by atoms with Gasteiger partial charge < -0.3 is 4.90 Å². The first-order chi connectivity index (χ1) is 17.6. The summed E-state index contributed by atoms with van der Waals surface area (Å²) in [7, 11) is 0. The Kier molecular flexibility index (Phi) is 4.97. The van der Waals surface area contributed by atoms with Crippen molar-refractivity contribution in [1.29, 1.82) is 0 Å². The van der Waals surface area contributed by atoms with Gasteiger partial charge >= 0.3 is 0 Å². The highest BCUT2D eigenvalue weighted by Crippen LogP contribution is 2.61. The number of rotatable bonds is 2. The van der Waals surface area contributed by atoms with Crippen molar-refractivity contribution in [3.8, 4) is 0 Å². The van der Waals surface area contributed by atoms with E-state index in [1.165, 1.54) is 6.07 Å². The van der Waals surface area contributed by atoms with Gasteiger partial charge in [-0.25, -0.2) is 4.39 Å². The number of nitrogens with zero attached hydrogens (tertiary/aromatic N) is 1. The SMILES string of the molecule is Cc1ccc2c(c1)C=CC1N2[C@H](C(=O)C(C)(C)C)[C@@H](c2ccccc2F)C12C(=O)c1ccccc1C2=O. The summed E-state index contributed by atoms with van der Waals surface area (Å²) in [5, 5.41) is 0. The molecule has 0 radical (unpaired) electrons. The summed E-state index contributed by atoms with van der Waals surface area (Å²) < 4.78 is 15.7. The molecule has 2 heterocycles. The van der Waals surface area contributed by atoms with Gasteiger partial charge in [0.25, 0.3) is 0 Å². The smallest absolute Gasteiger partial charge is 0.180 e. The van der Waals surface area contributed by atoms with Crippen molar-refractivity contribution in [3.05, 3.63) is 106 Å². The highest BCUT2D eigenvalue weighted by atomic mass is 19.1. The third-order valence-corrected chi connectivity index (χ3v) is 8.21. The Hall–Kier alpha value is -3.86. The molecule has 0 aromatic heterocycles. The fourth-order valence-electron chi connectivity index (χ4n) is 6.61. The molecule has 1 spiro atoms. The molecule has 186 valence electrons. The van der Waals surface area contributed by atoms with Crippen LogP contribution in [-0.2, 0) is 4.79 Å². The number of fused-ring (bicyclic) bond motifs is 5. The lowest BCUT2D eigenvalue weighted by atomic mass is 9.63. The summed E-state index contributed by atoms with van der Waals surface area (Å²) in [5.41, 5.74) is 1.15. The first kappa shape index (κ1) is 23.5. The van der Waals surface area contributed by atoms with Crippen LogP contribution in [0.25, 0.3) is 6.08 Å². The van der Waals surface area contributed by atoms with Crippen LogP contribution >= 0.6 is 0 Å². The lowest BCUT2D eigenvalue weighted by Gasteiger charge is -2.38. The van der Waals surface area contributed by atoms with E-state index in [9.17, 15) is 14.4 Å². The molecule has 2 aliphatic heterocycles. The van der Waals surface area contributed by atoms with E-state index in [0.29, 0.717) is 11.1 Å². The predicted octanol–water partition coefficient (Wildman–Crippen LogP) is 6.18. The van der Waals surface area contributed by atoms with Gasteiger partial charge in [-0.1, -0.05) is 87.0 Å². The molecule has 5 heteroatoms. The van der Waals surface area contributed by atoms with Crippen LogP contribution in [0.4, 0.5) is 10.1 Å². The van der Waals surface area contributed by atoms with Crippen LogP contribution in [0.5, 0.6) is 0 Å². The number of Topliss-reactive ketones (excluding diaryl/α,β-unsaturated/α-hetero) is 3. The van der Waals surface area contributed by atoms with Crippen molar-refractivity contribution in [2.24, 2.45) is 10.8 Å². The Morgan fingerprint density at radius 1 is 0.919 bits per heavy atom. The van der Waals surface area contributed by atoms with Crippen molar-refractivity contribution in [3.63, 3.8) is 0 Å². The summed E-state index contributed by atoms with van der Waals surface area (Å²) in [4.78, 5) is 45.1. The summed E-state index contributed by atoms with van der Waals surface area (Å²) in [6.07, 6.45) is 3.80. The van der Waals surface area contributed by atoms with Crippen LogP contribution in [0.2, 0.25) is 0 Å². The molecule has 0 bridgehead atoms. The minimum Gasteiger partial charge on any atom is -0.352 e. The Morgan fingerprint density at radius 3 is 2.16 bits per heavy atom. The lowest BCUT2D eigenvalue weighted by Crippen LogP contribution is -2.49. The molecule has 3 aromatic carbocycles. The molecule has 3 aromatic rings. The maximum Gasteiger partial charge on any atom is 0.180 e. The molecule has 1 aliphatic carbocycles. The topological polar surface area (TPSA) is 54.5 Å². The average molecular weight is 494 g/mol. The molecule has 1 saturated heterocycles. The zero-order valence-electron chi connectivity index (χ0n) is 21.3. The molecule has 1 unspecified atom stereocenters. The van der Waals surface area contributed by atoms with Crippen LogP contribution in [0.3, 0.4) is 0 Å². The summed E-state index contributed by atoms with van der Waals surface area (Å²) in [6.45, 7) is 7.48. The largest absolute Gasteiger partial charge is 0.352 e. The van der Waals surface area contributed by atoms with Crippen LogP contribution in [-0.4, -0.2) is 29.4 Å². The van der Waals surface area contributed by atoms with Gasteiger partial charge in [-0.2, -0.15) is 0 Å². The molecule has 1 fully saturated rings. The van der Waals surface area contributed by atoms with Gasteiger partial charge in [-0.3, -0.25) is 14.4 Å². The summed E-state index contributed by atoms with van der Waals surface area (Å²) in [5.74, 6) is -2.36. The van der Waals surface area contributed by atoms with Crippen LogP contribution in [0.1, 0.15) is 64.1 Å². The van der Waals surface area contributed by atoms with Crippen LogP contribution in [0.15, 0.2) is 72.8 Å². The number of anilines is 1. The van der Waals surface area contributed by atoms with Gasteiger partial charge in [0.2, 0.25) is 0 Å². The fourth-order valence-corrected chi connectivity index (χ4v) is 6.61. The van der Waals surface area contributed by atoms with E-state index in [0.717, 1.165) is 16.8 Å². The Bertz CT molecular complexity index is 1490. The van der Waals surface area contributed by atoms with Gasteiger partial charge in [0.05, 0.1) is 12.1 Å². The second-order valence-electron chi connectivity index (χ2n) is 11.4. The number of hydrogen-bond acceptors (Lipinski definition) is 4. The van der Waals surface area contributed by atoms with Gasteiger partial charge in [-0.05, 0) is 36.2 Å². The second-order valence-corrected chi connectivity index (χ2v) is 11.4. The average Bonchev–Trinajstić information content (AvgIpc) is 3.29. The normalized spacial score (nSPS) is 23.3.